The lowest BCUT2D eigenvalue weighted by Crippen LogP contribution is -2.40. The summed E-state index contributed by atoms with van der Waals surface area (Å²) in [4.78, 5) is 27.5. The summed E-state index contributed by atoms with van der Waals surface area (Å²) < 4.78 is 0. The van der Waals surface area contributed by atoms with Crippen LogP contribution in [0.15, 0.2) is 47.8 Å². The van der Waals surface area contributed by atoms with Crippen molar-refractivity contribution in [3.63, 3.8) is 0 Å². The summed E-state index contributed by atoms with van der Waals surface area (Å²) in [7, 11) is 0. The summed E-state index contributed by atoms with van der Waals surface area (Å²) in [6.07, 6.45) is 1.17. The van der Waals surface area contributed by atoms with Crippen LogP contribution < -0.4 is 5.32 Å². The summed E-state index contributed by atoms with van der Waals surface area (Å²) in [5, 5.41) is 4.88. The van der Waals surface area contributed by atoms with E-state index in [0.717, 1.165) is 16.9 Å². The first kappa shape index (κ1) is 19.2. The van der Waals surface area contributed by atoms with Gasteiger partial charge >= 0.3 is 0 Å². The maximum atomic E-state index is 13.0. The molecule has 4 nitrogen and oxygen atoms in total. The lowest BCUT2D eigenvalue weighted by Gasteiger charge is -2.30. The van der Waals surface area contributed by atoms with Gasteiger partial charge in [0.25, 0.3) is 0 Å². The number of nitrogens with zero attached hydrogens (tertiary/aromatic N) is 1. The highest BCUT2D eigenvalue weighted by atomic mass is 32.1. The monoisotopic (exact) mass is 358 g/mol. The zero-order valence-electron chi connectivity index (χ0n) is 15.1. The van der Waals surface area contributed by atoms with E-state index in [1.165, 1.54) is 6.92 Å². The molecular formula is C20H26N2O2S. The highest BCUT2D eigenvalue weighted by Crippen LogP contribution is 2.24. The molecule has 0 aliphatic rings. The van der Waals surface area contributed by atoms with E-state index < -0.39 is 0 Å². The summed E-state index contributed by atoms with van der Waals surface area (Å²) in [6, 6.07) is 13.8. The molecule has 0 saturated heterocycles. The van der Waals surface area contributed by atoms with Crippen LogP contribution in [0.25, 0.3) is 0 Å². The predicted octanol–water partition coefficient (Wildman–Crippen LogP) is 4.14. The highest BCUT2D eigenvalue weighted by Gasteiger charge is 2.24. The van der Waals surface area contributed by atoms with Crippen molar-refractivity contribution in [3.8, 4) is 0 Å². The quantitative estimate of drug-likeness (QED) is 0.771. The second-order valence-corrected chi connectivity index (χ2v) is 7.22. The molecule has 2 amide bonds. The molecule has 2 aromatic rings. The molecule has 2 unspecified atom stereocenters. The number of rotatable bonds is 8. The predicted molar refractivity (Wildman–Crippen MR) is 102 cm³/mol. The van der Waals surface area contributed by atoms with Gasteiger partial charge in [-0.25, -0.2) is 0 Å². The van der Waals surface area contributed by atoms with Crippen molar-refractivity contribution in [2.45, 2.75) is 52.2 Å². The van der Waals surface area contributed by atoms with Gasteiger partial charge in [-0.2, -0.15) is 0 Å². The average molecular weight is 359 g/mol. The number of hydrogen-bond acceptors (Lipinski definition) is 3. The maximum Gasteiger partial charge on any atom is 0.225 e. The van der Waals surface area contributed by atoms with E-state index in [1.807, 2.05) is 52.7 Å². The third-order valence-corrected chi connectivity index (χ3v) is 5.27. The van der Waals surface area contributed by atoms with Gasteiger partial charge < -0.3 is 10.2 Å². The number of benzene rings is 1. The number of nitrogens with one attached hydrogen (secondary N) is 1. The first-order valence-electron chi connectivity index (χ1n) is 8.65. The van der Waals surface area contributed by atoms with Crippen molar-refractivity contribution in [2.24, 2.45) is 0 Å². The summed E-state index contributed by atoms with van der Waals surface area (Å²) in [6.45, 7) is 6.23. The van der Waals surface area contributed by atoms with Gasteiger partial charge in [-0.1, -0.05) is 43.3 Å². The molecule has 1 aromatic heterocycles. The van der Waals surface area contributed by atoms with E-state index in [4.69, 9.17) is 0 Å². The Balaban J connectivity index is 2.15. The Kier molecular flexibility index (Phi) is 7.19. The van der Waals surface area contributed by atoms with Crippen LogP contribution >= 0.6 is 11.3 Å². The molecule has 1 aromatic carbocycles. The number of amides is 2. The van der Waals surface area contributed by atoms with Crippen LogP contribution in [0.3, 0.4) is 0 Å². The Hall–Kier alpha value is -2.14. The normalized spacial score (nSPS) is 13.1. The van der Waals surface area contributed by atoms with E-state index >= 15 is 0 Å². The molecule has 0 aliphatic carbocycles. The van der Waals surface area contributed by atoms with Gasteiger partial charge in [-0.05, 0) is 30.4 Å². The van der Waals surface area contributed by atoms with Crippen molar-refractivity contribution < 1.29 is 9.59 Å². The Bertz CT molecular complexity index is 670. The van der Waals surface area contributed by atoms with E-state index in [0.29, 0.717) is 6.54 Å². The summed E-state index contributed by atoms with van der Waals surface area (Å²) in [5.74, 6) is -0.0605. The van der Waals surface area contributed by atoms with Crippen LogP contribution in [0.2, 0.25) is 0 Å². The number of thiophene rings is 1. The molecule has 1 heterocycles. The van der Waals surface area contributed by atoms with Gasteiger partial charge in [0.05, 0.1) is 12.5 Å². The van der Waals surface area contributed by atoms with Gasteiger partial charge in [-0.3, -0.25) is 9.59 Å². The topological polar surface area (TPSA) is 49.4 Å². The molecule has 0 spiro atoms. The second-order valence-electron chi connectivity index (χ2n) is 6.24. The van der Waals surface area contributed by atoms with Gasteiger partial charge in [-0.15, -0.1) is 11.3 Å². The van der Waals surface area contributed by atoms with Crippen LogP contribution in [-0.4, -0.2) is 22.8 Å². The summed E-state index contributed by atoms with van der Waals surface area (Å²) in [5.41, 5.74) is 1.11. The van der Waals surface area contributed by atoms with E-state index in [2.05, 4.69) is 19.2 Å². The average Bonchev–Trinajstić information content (AvgIpc) is 3.13. The molecular weight excluding hydrogens is 332 g/mol. The van der Waals surface area contributed by atoms with Crippen molar-refractivity contribution >= 4 is 23.2 Å². The zero-order valence-corrected chi connectivity index (χ0v) is 15.9. The molecule has 134 valence electrons. The smallest absolute Gasteiger partial charge is 0.225 e. The number of carbonyl (C=O) groups excluding carboxylic acids is 2. The largest absolute Gasteiger partial charge is 0.348 e. The van der Waals surface area contributed by atoms with Crippen LogP contribution in [-0.2, 0) is 16.1 Å². The molecule has 1 N–H and O–H groups in total. The zero-order chi connectivity index (χ0) is 18.2. The minimum absolute atomic E-state index is 0.0605. The summed E-state index contributed by atoms with van der Waals surface area (Å²) >= 11 is 1.56. The molecule has 0 bridgehead atoms. The van der Waals surface area contributed by atoms with E-state index in [9.17, 15) is 9.59 Å². The molecule has 2 atom stereocenters. The van der Waals surface area contributed by atoms with Gasteiger partial charge in [0.15, 0.2) is 0 Å². The fourth-order valence-corrected chi connectivity index (χ4v) is 3.52. The third-order valence-electron chi connectivity index (χ3n) is 4.28. The molecule has 0 saturated carbocycles. The van der Waals surface area contributed by atoms with E-state index in [-0.39, 0.29) is 30.3 Å². The Morgan fingerprint density at radius 1 is 1.16 bits per heavy atom. The van der Waals surface area contributed by atoms with Crippen LogP contribution in [0.1, 0.15) is 50.1 Å². The fraction of sp³-hybridized carbons (Fsp3) is 0.400. The number of carbonyl (C=O) groups is 2. The minimum atomic E-state index is -0.271. The van der Waals surface area contributed by atoms with Crippen LogP contribution in [0.4, 0.5) is 0 Å². The Morgan fingerprint density at radius 2 is 1.88 bits per heavy atom. The molecule has 25 heavy (non-hydrogen) atoms. The minimum Gasteiger partial charge on any atom is -0.348 e. The SMILES string of the molecule is CCC(C)N(Cc1ccccc1)C(=O)CC(NC(C)=O)c1cccs1. The molecule has 5 heteroatoms. The van der Waals surface area contributed by atoms with Crippen molar-refractivity contribution in [1.29, 1.82) is 0 Å². The highest BCUT2D eigenvalue weighted by molar-refractivity contribution is 7.10. The van der Waals surface area contributed by atoms with Crippen molar-refractivity contribution in [2.75, 3.05) is 0 Å². The molecule has 0 radical (unpaired) electrons. The van der Waals surface area contributed by atoms with Crippen molar-refractivity contribution in [3.05, 3.63) is 58.3 Å². The molecule has 0 aliphatic heterocycles. The molecule has 0 fully saturated rings. The van der Waals surface area contributed by atoms with E-state index in [1.54, 1.807) is 11.3 Å². The second kappa shape index (κ2) is 9.37. The first-order chi connectivity index (χ1) is 12.0. The number of hydrogen-bond donors (Lipinski definition) is 1. The fourth-order valence-electron chi connectivity index (χ4n) is 2.74. The lowest BCUT2D eigenvalue weighted by molar-refractivity contribution is -0.134. The maximum absolute atomic E-state index is 13.0. The lowest BCUT2D eigenvalue weighted by atomic mass is 10.1. The molecule has 2 rings (SSSR count). The Labute approximate surface area is 153 Å². The van der Waals surface area contributed by atoms with Gasteiger partial charge in [0, 0.05) is 24.4 Å². The van der Waals surface area contributed by atoms with Crippen LogP contribution in [0, 0.1) is 0 Å². The first-order valence-corrected chi connectivity index (χ1v) is 9.53. The van der Waals surface area contributed by atoms with Gasteiger partial charge in [0.1, 0.15) is 0 Å². The van der Waals surface area contributed by atoms with Crippen LogP contribution in [0.5, 0.6) is 0 Å². The van der Waals surface area contributed by atoms with Crippen molar-refractivity contribution in [1.82, 2.24) is 10.2 Å². The third kappa shape index (κ3) is 5.71. The standard InChI is InChI=1S/C20H26N2O2S/c1-4-15(2)22(14-17-9-6-5-7-10-17)20(24)13-18(21-16(3)23)19-11-8-12-25-19/h5-12,15,18H,4,13-14H2,1-3H3,(H,21,23). The van der Waals surface area contributed by atoms with Gasteiger partial charge in [0.2, 0.25) is 11.8 Å². The Morgan fingerprint density at radius 3 is 2.44 bits per heavy atom.